The van der Waals surface area contributed by atoms with Crippen LogP contribution in [-0.4, -0.2) is 40.9 Å². The molecule has 5 nitrogen and oxygen atoms in total. The van der Waals surface area contributed by atoms with Crippen LogP contribution < -0.4 is 11.1 Å². The summed E-state index contributed by atoms with van der Waals surface area (Å²) >= 11 is 0. The molecular weight excluding hydrogens is 196 g/mol. The Labute approximate surface area is 89.7 Å². The minimum Gasteiger partial charge on any atom is -0.394 e. The van der Waals surface area contributed by atoms with Crippen molar-refractivity contribution >= 4 is 5.91 Å². The summed E-state index contributed by atoms with van der Waals surface area (Å²) in [7, 11) is 0. The molecule has 1 fully saturated rings. The van der Waals surface area contributed by atoms with E-state index in [4.69, 9.17) is 10.8 Å². The third kappa shape index (κ3) is 3.44. The predicted octanol–water partition coefficient (Wildman–Crippen LogP) is -1.03. The van der Waals surface area contributed by atoms with Gasteiger partial charge in [-0.25, -0.2) is 0 Å². The molecule has 0 radical (unpaired) electrons. The van der Waals surface area contributed by atoms with E-state index in [1.54, 1.807) is 0 Å². The second-order valence-electron chi connectivity index (χ2n) is 4.35. The van der Waals surface area contributed by atoms with E-state index in [9.17, 15) is 9.90 Å². The zero-order valence-corrected chi connectivity index (χ0v) is 9.02. The third-order valence-corrected chi connectivity index (χ3v) is 3.00. The number of carbonyl (C=O) groups excluding carboxylic acids is 1. The highest BCUT2D eigenvalue weighted by Gasteiger charge is 2.27. The summed E-state index contributed by atoms with van der Waals surface area (Å²) in [6.45, 7) is 1.63. The lowest BCUT2D eigenvalue weighted by atomic mass is 9.84. The molecule has 1 aliphatic carbocycles. The maximum Gasteiger partial charge on any atom is 0.239 e. The quantitative estimate of drug-likeness (QED) is 0.485. The topological polar surface area (TPSA) is 95.6 Å². The van der Waals surface area contributed by atoms with Crippen molar-refractivity contribution in [2.75, 3.05) is 6.61 Å². The first kappa shape index (κ1) is 12.4. The molecule has 0 heterocycles. The molecule has 0 aromatic rings. The Morgan fingerprint density at radius 1 is 1.60 bits per heavy atom. The van der Waals surface area contributed by atoms with Crippen molar-refractivity contribution in [1.29, 1.82) is 0 Å². The molecule has 0 spiro atoms. The fourth-order valence-corrected chi connectivity index (χ4v) is 1.90. The molecule has 15 heavy (non-hydrogen) atoms. The van der Waals surface area contributed by atoms with E-state index >= 15 is 0 Å². The van der Waals surface area contributed by atoms with Gasteiger partial charge >= 0.3 is 0 Å². The Balaban J connectivity index is 2.36. The van der Waals surface area contributed by atoms with Crippen LogP contribution in [0.1, 0.15) is 26.2 Å². The van der Waals surface area contributed by atoms with Gasteiger partial charge in [-0.3, -0.25) is 4.79 Å². The first-order valence-corrected chi connectivity index (χ1v) is 5.39. The number of nitrogens with two attached hydrogens (primary N) is 1. The number of hydrogen-bond acceptors (Lipinski definition) is 4. The number of rotatable bonds is 3. The number of nitrogens with one attached hydrogen (secondary N) is 1. The zero-order valence-electron chi connectivity index (χ0n) is 9.02. The molecule has 0 saturated heterocycles. The summed E-state index contributed by atoms with van der Waals surface area (Å²) in [5, 5.41) is 21.0. The van der Waals surface area contributed by atoms with Crippen LogP contribution in [0.15, 0.2) is 0 Å². The molecule has 88 valence electrons. The number of carbonyl (C=O) groups is 1. The summed E-state index contributed by atoms with van der Waals surface area (Å²) in [4.78, 5) is 11.4. The van der Waals surface area contributed by atoms with Gasteiger partial charge < -0.3 is 21.3 Å². The molecule has 0 aromatic carbocycles. The van der Waals surface area contributed by atoms with E-state index in [1.807, 2.05) is 6.92 Å². The van der Waals surface area contributed by atoms with Gasteiger partial charge in [0.2, 0.25) is 5.91 Å². The molecule has 0 bridgehead atoms. The maximum atomic E-state index is 11.4. The van der Waals surface area contributed by atoms with Crippen LogP contribution in [0.5, 0.6) is 0 Å². The Hall–Kier alpha value is -0.650. The van der Waals surface area contributed by atoms with Gasteiger partial charge in [0.05, 0.1) is 12.7 Å². The van der Waals surface area contributed by atoms with Gasteiger partial charge in [-0.05, 0) is 25.2 Å². The Kier molecular flexibility index (Phi) is 4.50. The summed E-state index contributed by atoms with van der Waals surface area (Å²) in [6.07, 6.45) is 1.99. The third-order valence-electron chi connectivity index (χ3n) is 3.00. The van der Waals surface area contributed by atoms with E-state index in [1.165, 1.54) is 0 Å². The molecule has 5 N–H and O–H groups in total. The molecule has 0 aliphatic heterocycles. The Morgan fingerprint density at radius 3 is 2.80 bits per heavy atom. The van der Waals surface area contributed by atoms with Gasteiger partial charge in [-0.1, -0.05) is 6.92 Å². The lowest BCUT2D eigenvalue weighted by Crippen LogP contribution is -2.49. The number of hydrogen-bond donors (Lipinski definition) is 4. The van der Waals surface area contributed by atoms with E-state index in [0.29, 0.717) is 6.42 Å². The number of aliphatic hydroxyl groups is 2. The lowest BCUT2D eigenvalue weighted by molar-refractivity contribution is -0.124. The maximum absolute atomic E-state index is 11.4. The Bertz CT molecular complexity index is 223. The second kappa shape index (κ2) is 5.44. The SMILES string of the molecule is C[C@@H]1C[C@@H](NC(=O)[C@H](N)CO)CC[C@H]1O. The van der Waals surface area contributed by atoms with Crippen LogP contribution in [0.25, 0.3) is 0 Å². The molecular formula is C10H20N2O3. The normalized spacial score (nSPS) is 33.5. The smallest absolute Gasteiger partial charge is 0.239 e. The first-order valence-electron chi connectivity index (χ1n) is 5.39. The van der Waals surface area contributed by atoms with Crippen LogP contribution in [0.2, 0.25) is 0 Å². The average Bonchev–Trinajstić information content (AvgIpc) is 2.22. The molecule has 0 unspecified atom stereocenters. The summed E-state index contributed by atoms with van der Waals surface area (Å²) < 4.78 is 0. The van der Waals surface area contributed by atoms with Crippen molar-refractivity contribution in [2.24, 2.45) is 11.7 Å². The molecule has 5 heteroatoms. The fraction of sp³-hybridized carbons (Fsp3) is 0.900. The summed E-state index contributed by atoms with van der Waals surface area (Å²) in [5.74, 6) is -0.111. The first-order chi connectivity index (χ1) is 7.04. The molecule has 0 aromatic heterocycles. The molecule has 1 aliphatic rings. The van der Waals surface area contributed by atoms with E-state index in [0.717, 1.165) is 12.8 Å². The second-order valence-corrected chi connectivity index (χ2v) is 4.35. The fourth-order valence-electron chi connectivity index (χ4n) is 1.90. The standard InChI is InChI=1S/C10H20N2O3/c1-6-4-7(2-3-9(6)14)12-10(15)8(11)5-13/h6-9,13-14H,2-5,11H2,1H3,(H,12,15)/t6-,7+,8-,9-/m1/s1. The molecule has 1 saturated carbocycles. The van der Waals surface area contributed by atoms with Crippen LogP contribution >= 0.6 is 0 Å². The lowest BCUT2D eigenvalue weighted by Gasteiger charge is -2.32. The van der Waals surface area contributed by atoms with Crippen molar-refractivity contribution < 1.29 is 15.0 Å². The predicted molar refractivity (Wildman–Crippen MR) is 56.0 cm³/mol. The van der Waals surface area contributed by atoms with Crippen molar-refractivity contribution in [3.63, 3.8) is 0 Å². The van der Waals surface area contributed by atoms with Crippen molar-refractivity contribution in [3.05, 3.63) is 0 Å². The van der Waals surface area contributed by atoms with Crippen molar-refractivity contribution in [1.82, 2.24) is 5.32 Å². The molecule has 1 amide bonds. The Morgan fingerprint density at radius 2 is 2.27 bits per heavy atom. The van der Waals surface area contributed by atoms with E-state index in [-0.39, 0.29) is 30.6 Å². The molecule has 1 rings (SSSR count). The minimum absolute atomic E-state index is 0.0773. The van der Waals surface area contributed by atoms with Crippen LogP contribution in [0.3, 0.4) is 0 Å². The highest BCUT2D eigenvalue weighted by molar-refractivity contribution is 5.81. The van der Waals surface area contributed by atoms with Gasteiger partial charge in [0, 0.05) is 6.04 Å². The zero-order chi connectivity index (χ0) is 11.4. The summed E-state index contributed by atoms with van der Waals surface area (Å²) in [6, 6.07) is -0.763. The van der Waals surface area contributed by atoms with Crippen LogP contribution in [0.4, 0.5) is 0 Å². The van der Waals surface area contributed by atoms with Gasteiger partial charge in [0.25, 0.3) is 0 Å². The van der Waals surface area contributed by atoms with E-state index < -0.39 is 6.04 Å². The van der Waals surface area contributed by atoms with Crippen LogP contribution in [-0.2, 0) is 4.79 Å². The highest BCUT2D eigenvalue weighted by atomic mass is 16.3. The minimum atomic E-state index is -0.841. The number of amides is 1. The average molecular weight is 216 g/mol. The van der Waals surface area contributed by atoms with Crippen molar-refractivity contribution in [2.45, 2.75) is 44.4 Å². The van der Waals surface area contributed by atoms with Gasteiger partial charge in [0.15, 0.2) is 0 Å². The monoisotopic (exact) mass is 216 g/mol. The summed E-state index contributed by atoms with van der Waals surface area (Å²) in [5.41, 5.74) is 5.38. The van der Waals surface area contributed by atoms with Crippen LogP contribution in [0, 0.1) is 5.92 Å². The van der Waals surface area contributed by atoms with Gasteiger partial charge in [-0.2, -0.15) is 0 Å². The van der Waals surface area contributed by atoms with E-state index in [2.05, 4.69) is 5.32 Å². The number of aliphatic hydroxyl groups excluding tert-OH is 2. The van der Waals surface area contributed by atoms with Gasteiger partial charge in [-0.15, -0.1) is 0 Å². The van der Waals surface area contributed by atoms with Gasteiger partial charge in [0.1, 0.15) is 6.04 Å². The highest BCUT2D eigenvalue weighted by Crippen LogP contribution is 2.24. The molecule has 4 atom stereocenters. The van der Waals surface area contributed by atoms with Crippen molar-refractivity contribution in [3.8, 4) is 0 Å². The largest absolute Gasteiger partial charge is 0.394 e.